The number of nitrogens with one attached hydrogen (secondary N) is 1. The van der Waals surface area contributed by atoms with Crippen LogP contribution in [0, 0.1) is 5.92 Å². The summed E-state index contributed by atoms with van der Waals surface area (Å²) in [6, 6.07) is 3.97. The lowest BCUT2D eigenvalue weighted by Gasteiger charge is -2.20. The SMILES string of the molecule is CCn1ccnc1[C@H]1OCC[C@@H]1NC(=O)[C@@H]1C[C@@H]1c1cccnc1. The first-order valence-electron chi connectivity index (χ1n) is 8.61. The van der Waals surface area contributed by atoms with Gasteiger partial charge in [0, 0.05) is 43.9 Å². The van der Waals surface area contributed by atoms with Crippen molar-refractivity contribution in [2.24, 2.45) is 5.92 Å². The van der Waals surface area contributed by atoms with E-state index in [2.05, 4.69) is 26.8 Å². The van der Waals surface area contributed by atoms with E-state index in [-0.39, 0.29) is 24.0 Å². The standard InChI is InChI=1S/C18H22N4O2/c1-2-22-8-7-20-17(22)16-15(5-9-24-16)21-18(23)14-10-13(14)12-4-3-6-19-11-12/h3-4,6-8,11,13-16H,2,5,9-10H2,1H3,(H,21,23)/t13-,14-,15+,16+/m1/s1. The Morgan fingerprint density at radius 3 is 3.17 bits per heavy atom. The van der Waals surface area contributed by atoms with E-state index in [1.165, 1.54) is 0 Å². The Bertz CT molecular complexity index is 715. The minimum atomic E-state index is -0.153. The summed E-state index contributed by atoms with van der Waals surface area (Å²) < 4.78 is 7.93. The molecule has 0 unspecified atom stereocenters. The average molecular weight is 326 g/mol. The van der Waals surface area contributed by atoms with Gasteiger partial charge >= 0.3 is 0 Å². The molecule has 1 aliphatic heterocycles. The van der Waals surface area contributed by atoms with Gasteiger partial charge in [-0.2, -0.15) is 0 Å². The van der Waals surface area contributed by atoms with Crippen molar-refractivity contribution in [3.05, 3.63) is 48.3 Å². The summed E-state index contributed by atoms with van der Waals surface area (Å²) in [6.07, 6.45) is 8.94. The molecule has 3 heterocycles. The number of rotatable bonds is 5. The second kappa shape index (κ2) is 6.36. The summed E-state index contributed by atoms with van der Waals surface area (Å²) >= 11 is 0. The van der Waals surface area contributed by atoms with Gasteiger partial charge in [0.2, 0.25) is 5.91 Å². The van der Waals surface area contributed by atoms with Gasteiger partial charge in [0.25, 0.3) is 0 Å². The van der Waals surface area contributed by atoms with Crippen molar-refractivity contribution >= 4 is 5.91 Å². The molecule has 126 valence electrons. The van der Waals surface area contributed by atoms with Gasteiger partial charge in [-0.1, -0.05) is 6.07 Å². The highest BCUT2D eigenvalue weighted by Gasteiger charge is 2.45. The van der Waals surface area contributed by atoms with E-state index in [0.29, 0.717) is 12.5 Å². The van der Waals surface area contributed by atoms with Crippen LogP contribution in [0.4, 0.5) is 0 Å². The first-order chi connectivity index (χ1) is 11.8. The smallest absolute Gasteiger partial charge is 0.224 e. The first-order valence-corrected chi connectivity index (χ1v) is 8.61. The Kier molecular flexibility index (Phi) is 4.06. The average Bonchev–Trinajstić information content (AvgIpc) is 3.06. The van der Waals surface area contributed by atoms with Crippen LogP contribution < -0.4 is 5.32 Å². The highest BCUT2D eigenvalue weighted by molar-refractivity contribution is 5.83. The lowest BCUT2D eigenvalue weighted by atomic mass is 10.1. The molecular formula is C18H22N4O2. The summed E-state index contributed by atoms with van der Waals surface area (Å²) in [4.78, 5) is 21.2. The summed E-state index contributed by atoms with van der Waals surface area (Å²) in [5.41, 5.74) is 1.15. The first kappa shape index (κ1) is 15.3. The molecule has 0 radical (unpaired) electrons. The molecule has 0 aromatic carbocycles. The minimum Gasteiger partial charge on any atom is -0.368 e. The van der Waals surface area contributed by atoms with Crippen LogP contribution in [-0.4, -0.2) is 33.1 Å². The molecule has 0 bridgehead atoms. The predicted molar refractivity (Wildman–Crippen MR) is 88.2 cm³/mol. The molecule has 0 spiro atoms. The largest absolute Gasteiger partial charge is 0.368 e. The maximum absolute atomic E-state index is 12.6. The van der Waals surface area contributed by atoms with E-state index in [9.17, 15) is 4.79 Å². The van der Waals surface area contributed by atoms with Crippen molar-refractivity contribution < 1.29 is 9.53 Å². The molecule has 1 amide bonds. The number of ether oxygens (including phenoxy) is 1. The van der Waals surface area contributed by atoms with Gasteiger partial charge < -0.3 is 14.6 Å². The van der Waals surface area contributed by atoms with Crippen molar-refractivity contribution in [2.45, 2.75) is 44.4 Å². The van der Waals surface area contributed by atoms with Gasteiger partial charge in [0.1, 0.15) is 11.9 Å². The van der Waals surface area contributed by atoms with E-state index < -0.39 is 0 Å². The fourth-order valence-corrected chi connectivity index (χ4v) is 3.58. The summed E-state index contributed by atoms with van der Waals surface area (Å²) in [6.45, 7) is 3.58. The van der Waals surface area contributed by atoms with Gasteiger partial charge in [-0.05, 0) is 37.3 Å². The van der Waals surface area contributed by atoms with Crippen molar-refractivity contribution in [3.8, 4) is 0 Å². The number of hydrogen-bond donors (Lipinski definition) is 1. The van der Waals surface area contributed by atoms with Crippen LogP contribution in [0.3, 0.4) is 0 Å². The van der Waals surface area contributed by atoms with E-state index in [1.807, 2.05) is 24.5 Å². The second-order valence-electron chi connectivity index (χ2n) is 6.50. The Balaban J connectivity index is 1.41. The van der Waals surface area contributed by atoms with Crippen LogP contribution >= 0.6 is 0 Å². The third kappa shape index (κ3) is 2.82. The van der Waals surface area contributed by atoms with Crippen LogP contribution in [0.25, 0.3) is 0 Å². The van der Waals surface area contributed by atoms with Crippen LogP contribution in [0.5, 0.6) is 0 Å². The van der Waals surface area contributed by atoms with Gasteiger partial charge in [-0.15, -0.1) is 0 Å². The number of aryl methyl sites for hydroxylation is 1. The highest BCUT2D eigenvalue weighted by Crippen LogP contribution is 2.47. The Morgan fingerprint density at radius 1 is 1.46 bits per heavy atom. The molecule has 2 fully saturated rings. The van der Waals surface area contributed by atoms with Gasteiger partial charge in [-0.25, -0.2) is 4.98 Å². The number of pyridine rings is 1. The summed E-state index contributed by atoms with van der Waals surface area (Å²) in [7, 11) is 0. The quantitative estimate of drug-likeness (QED) is 0.913. The normalized spacial score (nSPS) is 28.7. The zero-order valence-corrected chi connectivity index (χ0v) is 13.8. The molecule has 1 saturated heterocycles. The molecular weight excluding hydrogens is 304 g/mol. The highest BCUT2D eigenvalue weighted by atomic mass is 16.5. The van der Waals surface area contributed by atoms with Crippen LogP contribution in [0.15, 0.2) is 36.9 Å². The van der Waals surface area contributed by atoms with E-state index in [1.54, 1.807) is 12.4 Å². The molecule has 6 nitrogen and oxygen atoms in total. The van der Waals surface area contributed by atoms with Gasteiger partial charge in [-0.3, -0.25) is 9.78 Å². The number of carbonyl (C=O) groups excluding carboxylic acids is 1. The molecule has 2 aromatic heterocycles. The Labute approximate surface area is 141 Å². The van der Waals surface area contributed by atoms with E-state index in [4.69, 9.17) is 4.74 Å². The molecule has 1 saturated carbocycles. The molecule has 6 heteroatoms. The third-order valence-electron chi connectivity index (χ3n) is 5.00. The van der Waals surface area contributed by atoms with Crippen LogP contribution in [0.2, 0.25) is 0 Å². The van der Waals surface area contributed by atoms with E-state index in [0.717, 1.165) is 30.8 Å². The number of nitrogens with zero attached hydrogens (tertiary/aromatic N) is 3. The monoisotopic (exact) mass is 326 g/mol. The summed E-state index contributed by atoms with van der Waals surface area (Å²) in [5.74, 6) is 1.39. The predicted octanol–water partition coefficient (Wildman–Crippen LogP) is 2.05. The van der Waals surface area contributed by atoms with Crippen molar-refractivity contribution in [2.75, 3.05) is 6.61 Å². The Morgan fingerprint density at radius 2 is 2.38 bits per heavy atom. The number of imidazole rings is 1. The molecule has 1 aliphatic carbocycles. The molecule has 1 N–H and O–H groups in total. The second-order valence-corrected chi connectivity index (χ2v) is 6.50. The van der Waals surface area contributed by atoms with Crippen LogP contribution in [-0.2, 0) is 16.1 Å². The fraction of sp³-hybridized carbons (Fsp3) is 0.500. The van der Waals surface area contributed by atoms with Gasteiger partial charge in [0.05, 0.1) is 6.04 Å². The third-order valence-corrected chi connectivity index (χ3v) is 5.00. The summed E-state index contributed by atoms with van der Waals surface area (Å²) in [5, 5.41) is 3.19. The van der Waals surface area contributed by atoms with Crippen molar-refractivity contribution in [1.82, 2.24) is 19.9 Å². The molecule has 4 rings (SSSR count). The molecule has 2 aromatic rings. The number of aromatic nitrogens is 3. The number of carbonyl (C=O) groups is 1. The number of amides is 1. The number of hydrogen-bond acceptors (Lipinski definition) is 4. The maximum Gasteiger partial charge on any atom is 0.224 e. The van der Waals surface area contributed by atoms with Crippen molar-refractivity contribution in [3.63, 3.8) is 0 Å². The minimum absolute atomic E-state index is 0.000323. The topological polar surface area (TPSA) is 69.0 Å². The van der Waals surface area contributed by atoms with Crippen LogP contribution in [0.1, 0.15) is 43.2 Å². The maximum atomic E-state index is 12.6. The van der Waals surface area contributed by atoms with Crippen molar-refractivity contribution in [1.29, 1.82) is 0 Å². The van der Waals surface area contributed by atoms with E-state index >= 15 is 0 Å². The molecule has 24 heavy (non-hydrogen) atoms. The zero-order chi connectivity index (χ0) is 16.5. The lowest BCUT2D eigenvalue weighted by Crippen LogP contribution is -2.38. The molecule has 4 atom stereocenters. The Hall–Kier alpha value is -2.21. The molecule has 2 aliphatic rings. The zero-order valence-electron chi connectivity index (χ0n) is 13.8. The van der Waals surface area contributed by atoms with Gasteiger partial charge in [0.15, 0.2) is 0 Å². The lowest BCUT2D eigenvalue weighted by molar-refractivity contribution is -0.123. The fourth-order valence-electron chi connectivity index (χ4n) is 3.58.